The van der Waals surface area contributed by atoms with Gasteiger partial charge in [0.25, 0.3) is 11.8 Å². The Hall–Kier alpha value is -3.58. The molecule has 3 aromatic carbocycles. The average molecular weight is 480 g/mol. The van der Waals surface area contributed by atoms with Crippen molar-refractivity contribution in [2.75, 3.05) is 18.4 Å². The molecule has 0 fully saturated rings. The normalized spacial score (nSPS) is 11.3. The number of para-hydroxylation sites is 1. The number of benzene rings is 3. The number of anilines is 1. The monoisotopic (exact) mass is 479 g/mol. The summed E-state index contributed by atoms with van der Waals surface area (Å²) in [5.41, 5.74) is 8.41. The first kappa shape index (κ1) is 26.0. The highest BCUT2D eigenvalue weighted by Gasteiger charge is 2.20. The summed E-state index contributed by atoms with van der Waals surface area (Å²) in [6.45, 7) is 7.10. The van der Waals surface area contributed by atoms with Crippen LogP contribution in [0.2, 0.25) is 0 Å². The minimum Gasteiger partial charge on any atom is -0.334 e. The molecule has 0 radical (unpaired) electrons. The predicted octanol–water partition coefficient (Wildman–Crippen LogP) is 5.51. The predicted molar refractivity (Wildman–Crippen MR) is 134 cm³/mol. The van der Waals surface area contributed by atoms with Crippen LogP contribution in [0.25, 0.3) is 0 Å². The van der Waals surface area contributed by atoms with Gasteiger partial charge < -0.3 is 16.0 Å². The van der Waals surface area contributed by atoms with Crippen molar-refractivity contribution in [2.24, 2.45) is 5.73 Å². The zero-order chi connectivity index (χ0) is 25.6. The van der Waals surface area contributed by atoms with Crippen LogP contribution in [0.3, 0.4) is 0 Å². The van der Waals surface area contributed by atoms with Crippen molar-refractivity contribution in [3.63, 3.8) is 0 Å². The number of carbonyl (C=O) groups is 2. The average Bonchev–Trinajstić information content (AvgIpc) is 2.81. The number of nitrogens with zero attached hydrogens (tertiary/aromatic N) is 1. The zero-order valence-corrected chi connectivity index (χ0v) is 20.3. The molecule has 0 aliphatic heterocycles. The van der Waals surface area contributed by atoms with Gasteiger partial charge in [0.05, 0.1) is 0 Å². The first-order valence-corrected chi connectivity index (χ1v) is 11.5. The molecule has 0 atom stereocenters. The Bertz CT molecular complexity index is 1170. The summed E-state index contributed by atoms with van der Waals surface area (Å²) in [6, 6.07) is 17.3. The van der Waals surface area contributed by atoms with Crippen molar-refractivity contribution in [3.8, 4) is 0 Å². The fraction of sp³-hybridized carbons (Fsp3) is 0.286. The van der Waals surface area contributed by atoms with Crippen molar-refractivity contribution in [2.45, 2.75) is 39.2 Å². The van der Waals surface area contributed by atoms with Crippen LogP contribution < -0.4 is 11.1 Å². The lowest BCUT2D eigenvalue weighted by Crippen LogP contribution is -2.33. The number of amides is 2. The van der Waals surface area contributed by atoms with Gasteiger partial charge in [0, 0.05) is 36.0 Å². The molecule has 0 aliphatic carbocycles. The first-order chi connectivity index (χ1) is 16.6. The summed E-state index contributed by atoms with van der Waals surface area (Å²) in [5, 5.41) is 2.92. The molecule has 3 aromatic rings. The van der Waals surface area contributed by atoms with E-state index in [-0.39, 0.29) is 23.4 Å². The molecule has 2 amide bonds. The van der Waals surface area contributed by atoms with Crippen molar-refractivity contribution < 1.29 is 18.4 Å². The maximum Gasteiger partial charge on any atom is 0.255 e. The van der Waals surface area contributed by atoms with Crippen LogP contribution in [0, 0.1) is 11.6 Å². The second-order valence-corrected chi connectivity index (χ2v) is 9.47. The SMILES string of the molecule is CC(C)(C)c1ccc(C(=O)Nc2ccccc2CN(CCCN)C(=O)c2cc(F)cc(F)c2)cc1. The van der Waals surface area contributed by atoms with Crippen LogP contribution in [0.15, 0.2) is 66.7 Å². The standard InChI is InChI=1S/C28H31F2N3O2/c1-28(2,3)22-11-9-19(10-12-22)26(34)32-25-8-5-4-7-20(25)18-33(14-6-13-31)27(35)21-15-23(29)17-24(30)16-21/h4-5,7-12,15-17H,6,13-14,18,31H2,1-3H3,(H,32,34). The second kappa shape index (κ2) is 11.2. The van der Waals surface area contributed by atoms with Crippen LogP contribution in [0.5, 0.6) is 0 Å². The molecule has 0 aromatic heterocycles. The van der Waals surface area contributed by atoms with Crippen molar-refractivity contribution >= 4 is 17.5 Å². The summed E-state index contributed by atoms with van der Waals surface area (Å²) in [7, 11) is 0. The van der Waals surface area contributed by atoms with E-state index in [1.165, 1.54) is 4.90 Å². The molecule has 0 spiro atoms. The first-order valence-electron chi connectivity index (χ1n) is 11.5. The van der Waals surface area contributed by atoms with Crippen LogP contribution in [0.1, 0.15) is 59.0 Å². The summed E-state index contributed by atoms with van der Waals surface area (Å²) >= 11 is 0. The van der Waals surface area contributed by atoms with E-state index in [9.17, 15) is 18.4 Å². The van der Waals surface area contributed by atoms with Crippen LogP contribution in [0.4, 0.5) is 14.5 Å². The number of nitrogens with two attached hydrogens (primary N) is 1. The number of hydrogen-bond acceptors (Lipinski definition) is 3. The van der Waals surface area contributed by atoms with Gasteiger partial charge in [-0.05, 0) is 59.8 Å². The van der Waals surface area contributed by atoms with Crippen LogP contribution >= 0.6 is 0 Å². The van der Waals surface area contributed by atoms with Gasteiger partial charge in [-0.3, -0.25) is 9.59 Å². The molecule has 7 heteroatoms. The van der Waals surface area contributed by atoms with E-state index in [4.69, 9.17) is 5.73 Å². The highest BCUT2D eigenvalue weighted by molar-refractivity contribution is 6.04. The Morgan fingerprint density at radius 1 is 0.914 bits per heavy atom. The smallest absolute Gasteiger partial charge is 0.255 e. The minimum absolute atomic E-state index is 0.0221. The lowest BCUT2D eigenvalue weighted by Gasteiger charge is -2.24. The van der Waals surface area contributed by atoms with Gasteiger partial charge in [0.2, 0.25) is 0 Å². The Labute approximate surface area is 204 Å². The van der Waals surface area contributed by atoms with Gasteiger partial charge >= 0.3 is 0 Å². The molecule has 184 valence electrons. The molecule has 0 saturated heterocycles. The summed E-state index contributed by atoms with van der Waals surface area (Å²) < 4.78 is 27.4. The van der Waals surface area contributed by atoms with E-state index in [1.54, 1.807) is 36.4 Å². The Kier molecular flexibility index (Phi) is 8.35. The highest BCUT2D eigenvalue weighted by Crippen LogP contribution is 2.24. The molecule has 0 heterocycles. The van der Waals surface area contributed by atoms with E-state index in [1.807, 2.05) is 12.1 Å². The lowest BCUT2D eigenvalue weighted by molar-refractivity contribution is 0.0741. The van der Waals surface area contributed by atoms with Crippen molar-refractivity contribution in [1.29, 1.82) is 0 Å². The van der Waals surface area contributed by atoms with Gasteiger partial charge in [-0.2, -0.15) is 0 Å². The third kappa shape index (κ3) is 6.96. The maximum absolute atomic E-state index is 13.7. The fourth-order valence-electron chi connectivity index (χ4n) is 3.70. The van der Waals surface area contributed by atoms with Crippen LogP contribution in [-0.2, 0) is 12.0 Å². The lowest BCUT2D eigenvalue weighted by atomic mass is 9.86. The molecule has 5 nitrogen and oxygen atoms in total. The molecular formula is C28H31F2N3O2. The quantitative estimate of drug-likeness (QED) is 0.448. The molecule has 0 aliphatic rings. The summed E-state index contributed by atoms with van der Waals surface area (Å²) in [4.78, 5) is 27.5. The third-order valence-electron chi connectivity index (χ3n) is 5.67. The van der Waals surface area contributed by atoms with E-state index in [2.05, 4.69) is 26.1 Å². The third-order valence-corrected chi connectivity index (χ3v) is 5.67. The molecule has 0 saturated carbocycles. The largest absolute Gasteiger partial charge is 0.334 e. The second-order valence-electron chi connectivity index (χ2n) is 9.47. The molecule has 0 unspecified atom stereocenters. The van der Waals surface area contributed by atoms with E-state index >= 15 is 0 Å². The maximum atomic E-state index is 13.7. The number of rotatable bonds is 8. The van der Waals surface area contributed by atoms with Crippen molar-refractivity contribution in [1.82, 2.24) is 4.90 Å². The topological polar surface area (TPSA) is 75.4 Å². The highest BCUT2D eigenvalue weighted by atomic mass is 19.1. The van der Waals surface area contributed by atoms with Crippen LogP contribution in [-0.4, -0.2) is 29.8 Å². The number of carbonyl (C=O) groups excluding carboxylic acids is 2. The summed E-state index contributed by atoms with van der Waals surface area (Å²) in [6.07, 6.45) is 0.512. The molecule has 0 bridgehead atoms. The van der Waals surface area contributed by atoms with E-state index in [0.717, 1.165) is 23.8 Å². The minimum atomic E-state index is -0.822. The van der Waals surface area contributed by atoms with Crippen molar-refractivity contribution in [3.05, 3.63) is 101 Å². The molecule has 35 heavy (non-hydrogen) atoms. The Balaban J connectivity index is 1.82. The number of halogens is 2. The molecular weight excluding hydrogens is 448 g/mol. The fourth-order valence-corrected chi connectivity index (χ4v) is 3.70. The summed E-state index contributed by atoms with van der Waals surface area (Å²) in [5.74, 6) is -2.43. The van der Waals surface area contributed by atoms with E-state index < -0.39 is 17.5 Å². The number of nitrogens with one attached hydrogen (secondary N) is 1. The molecule has 3 N–H and O–H groups in total. The van der Waals surface area contributed by atoms with Gasteiger partial charge in [0.15, 0.2) is 0 Å². The van der Waals surface area contributed by atoms with Gasteiger partial charge in [-0.25, -0.2) is 8.78 Å². The van der Waals surface area contributed by atoms with Gasteiger partial charge in [0.1, 0.15) is 11.6 Å². The molecule has 3 rings (SSSR count). The van der Waals surface area contributed by atoms with Gasteiger partial charge in [-0.1, -0.05) is 51.1 Å². The Morgan fingerprint density at radius 3 is 2.14 bits per heavy atom. The van der Waals surface area contributed by atoms with E-state index in [0.29, 0.717) is 36.3 Å². The number of hydrogen-bond donors (Lipinski definition) is 2. The Morgan fingerprint density at radius 2 is 1.54 bits per heavy atom. The zero-order valence-electron chi connectivity index (χ0n) is 20.3. The van der Waals surface area contributed by atoms with Gasteiger partial charge in [-0.15, -0.1) is 0 Å².